The van der Waals surface area contributed by atoms with Gasteiger partial charge in [0.1, 0.15) is 28.8 Å². The molecule has 1 aromatic heterocycles. The number of methoxy groups -OCH3 is 4. The fourth-order valence-electron chi connectivity index (χ4n) is 4.48. The Kier molecular flexibility index (Phi) is 7.39. The average Bonchev–Trinajstić information content (AvgIpc) is 3.36. The number of ether oxygens (including phenoxy) is 4. The van der Waals surface area contributed by atoms with Gasteiger partial charge in [0.2, 0.25) is 0 Å². The molecule has 8 heteroatoms. The van der Waals surface area contributed by atoms with Crippen molar-refractivity contribution in [1.82, 2.24) is 4.90 Å². The zero-order valence-electron chi connectivity index (χ0n) is 20.9. The third-order valence-corrected chi connectivity index (χ3v) is 6.34. The maximum absolute atomic E-state index is 13.2. The van der Waals surface area contributed by atoms with E-state index < -0.39 is 0 Å². The molecule has 1 aliphatic heterocycles. The number of carbonyl (C=O) groups is 1. The highest BCUT2D eigenvalue weighted by atomic mass is 16.5. The second-order valence-electron chi connectivity index (χ2n) is 8.45. The van der Waals surface area contributed by atoms with E-state index in [2.05, 4.69) is 17.9 Å². The number of piperazine rings is 1. The van der Waals surface area contributed by atoms with E-state index in [1.165, 1.54) is 0 Å². The Hall–Kier alpha value is -3.81. The maximum atomic E-state index is 13.2. The van der Waals surface area contributed by atoms with Gasteiger partial charge in [-0.15, -0.1) is 0 Å². The Bertz CT molecular complexity index is 1150. The molecule has 2 aromatic carbocycles. The lowest BCUT2D eigenvalue weighted by molar-refractivity contribution is 0.0692. The lowest BCUT2D eigenvalue weighted by atomic mass is 10.1. The highest BCUT2D eigenvalue weighted by Crippen LogP contribution is 2.36. The molecule has 0 radical (unpaired) electrons. The second-order valence-corrected chi connectivity index (χ2v) is 8.45. The van der Waals surface area contributed by atoms with Crippen molar-refractivity contribution in [3.05, 3.63) is 65.6 Å². The Morgan fingerprint density at radius 3 is 2.26 bits per heavy atom. The van der Waals surface area contributed by atoms with Crippen LogP contribution in [0.25, 0.3) is 0 Å². The fraction of sp³-hybridized carbons (Fsp3) is 0.370. The van der Waals surface area contributed by atoms with Gasteiger partial charge in [0.15, 0.2) is 5.76 Å². The van der Waals surface area contributed by atoms with Crippen molar-refractivity contribution in [2.75, 3.05) is 53.0 Å². The Balaban J connectivity index is 1.46. The molecule has 0 spiro atoms. The highest BCUT2D eigenvalue weighted by molar-refractivity contribution is 5.91. The summed E-state index contributed by atoms with van der Waals surface area (Å²) < 4.78 is 27.7. The first-order valence-corrected chi connectivity index (χ1v) is 11.5. The smallest absolute Gasteiger partial charge is 0.289 e. The molecule has 1 fully saturated rings. The molecule has 3 aromatic rings. The van der Waals surface area contributed by atoms with Crippen molar-refractivity contribution in [3.63, 3.8) is 0 Å². The van der Waals surface area contributed by atoms with Gasteiger partial charge in [-0.25, -0.2) is 0 Å². The number of hydrogen-bond acceptors (Lipinski definition) is 7. The number of rotatable bonds is 8. The van der Waals surface area contributed by atoms with Crippen LogP contribution in [0.5, 0.6) is 23.0 Å². The number of amides is 1. The lowest BCUT2D eigenvalue weighted by Gasteiger charge is -2.41. The zero-order chi connectivity index (χ0) is 24.9. The van der Waals surface area contributed by atoms with Crippen LogP contribution in [0.3, 0.4) is 0 Å². The van der Waals surface area contributed by atoms with Crippen LogP contribution < -0.4 is 23.8 Å². The van der Waals surface area contributed by atoms with Crippen LogP contribution in [0.15, 0.2) is 52.9 Å². The van der Waals surface area contributed by atoms with Crippen molar-refractivity contribution in [1.29, 1.82) is 0 Å². The minimum Gasteiger partial charge on any atom is -0.497 e. The summed E-state index contributed by atoms with van der Waals surface area (Å²) in [6.07, 6.45) is 0.420. The number of furan rings is 1. The highest BCUT2D eigenvalue weighted by Gasteiger charge is 2.29. The molecular formula is C27H32N2O6. The largest absolute Gasteiger partial charge is 0.497 e. The van der Waals surface area contributed by atoms with E-state index in [0.29, 0.717) is 48.3 Å². The van der Waals surface area contributed by atoms with Crippen LogP contribution in [0.2, 0.25) is 0 Å². The first-order valence-electron chi connectivity index (χ1n) is 11.5. The SMILES string of the molecule is COc1cccc(N2CCN(C(=O)c3ccc(Cc4c(OC)cc(OC)cc4OC)o3)CC2C)c1. The summed E-state index contributed by atoms with van der Waals surface area (Å²) >= 11 is 0. The molecule has 0 saturated carbocycles. The predicted octanol–water partition coefficient (Wildman–Crippen LogP) is 4.26. The molecular weight excluding hydrogens is 448 g/mol. The van der Waals surface area contributed by atoms with Gasteiger partial charge >= 0.3 is 0 Å². The number of anilines is 1. The normalized spacial score (nSPS) is 15.6. The van der Waals surface area contributed by atoms with E-state index in [0.717, 1.165) is 23.5 Å². The van der Waals surface area contributed by atoms with Crippen LogP contribution in [0.4, 0.5) is 5.69 Å². The number of benzene rings is 2. The Morgan fingerprint density at radius 2 is 1.63 bits per heavy atom. The number of nitrogens with zero attached hydrogens (tertiary/aromatic N) is 2. The summed E-state index contributed by atoms with van der Waals surface area (Å²) in [6.45, 7) is 4.06. The molecule has 2 heterocycles. The van der Waals surface area contributed by atoms with Crippen molar-refractivity contribution in [2.45, 2.75) is 19.4 Å². The standard InChI is InChI=1S/C27H32N2O6/c1-18-17-28(11-12-29(18)19-7-6-8-20(13-19)31-2)27(30)24-10-9-21(35-24)14-23-25(33-4)15-22(32-3)16-26(23)34-5/h6-10,13,15-16,18H,11-12,14,17H2,1-5H3. The van der Waals surface area contributed by atoms with Crippen molar-refractivity contribution >= 4 is 11.6 Å². The fourth-order valence-corrected chi connectivity index (χ4v) is 4.48. The molecule has 0 bridgehead atoms. The molecule has 1 aliphatic rings. The third kappa shape index (κ3) is 5.16. The van der Waals surface area contributed by atoms with Crippen molar-refractivity contribution in [3.8, 4) is 23.0 Å². The molecule has 8 nitrogen and oxygen atoms in total. The number of hydrogen-bond donors (Lipinski definition) is 0. The third-order valence-electron chi connectivity index (χ3n) is 6.34. The van der Waals surface area contributed by atoms with E-state index in [1.54, 1.807) is 46.6 Å². The van der Waals surface area contributed by atoms with Crippen LogP contribution in [0, 0.1) is 0 Å². The maximum Gasteiger partial charge on any atom is 0.289 e. The van der Waals surface area contributed by atoms with Crippen molar-refractivity contribution < 1.29 is 28.2 Å². The molecule has 4 rings (SSSR count). The van der Waals surface area contributed by atoms with Gasteiger partial charge in [-0.05, 0) is 31.2 Å². The van der Waals surface area contributed by atoms with Gasteiger partial charge in [-0.1, -0.05) is 6.07 Å². The van der Waals surface area contributed by atoms with E-state index in [4.69, 9.17) is 23.4 Å². The van der Waals surface area contributed by atoms with Gasteiger partial charge in [-0.2, -0.15) is 0 Å². The topological polar surface area (TPSA) is 73.6 Å². The summed E-state index contributed by atoms with van der Waals surface area (Å²) in [5, 5.41) is 0. The molecule has 186 valence electrons. The van der Waals surface area contributed by atoms with Gasteiger partial charge in [0, 0.05) is 61.5 Å². The van der Waals surface area contributed by atoms with E-state index in [9.17, 15) is 4.79 Å². The van der Waals surface area contributed by atoms with Gasteiger partial charge < -0.3 is 33.2 Å². The van der Waals surface area contributed by atoms with Crippen LogP contribution in [-0.4, -0.2) is 64.9 Å². The monoisotopic (exact) mass is 480 g/mol. The van der Waals surface area contributed by atoms with Crippen LogP contribution >= 0.6 is 0 Å². The summed E-state index contributed by atoms with van der Waals surface area (Å²) in [5.41, 5.74) is 1.91. The van der Waals surface area contributed by atoms with Crippen LogP contribution in [0.1, 0.15) is 28.8 Å². The van der Waals surface area contributed by atoms with E-state index in [-0.39, 0.29) is 11.9 Å². The molecule has 0 N–H and O–H groups in total. The Morgan fingerprint density at radius 1 is 0.914 bits per heavy atom. The molecule has 1 saturated heterocycles. The molecule has 0 aliphatic carbocycles. The van der Waals surface area contributed by atoms with Crippen LogP contribution in [-0.2, 0) is 6.42 Å². The van der Waals surface area contributed by atoms with Crippen molar-refractivity contribution in [2.24, 2.45) is 0 Å². The Labute approximate surface area is 205 Å². The molecule has 35 heavy (non-hydrogen) atoms. The first-order chi connectivity index (χ1) is 17.0. The lowest BCUT2D eigenvalue weighted by Crippen LogP contribution is -2.53. The quantitative estimate of drug-likeness (QED) is 0.477. The first kappa shape index (κ1) is 24.3. The molecule has 1 unspecified atom stereocenters. The second kappa shape index (κ2) is 10.6. The van der Waals surface area contributed by atoms with E-state index in [1.807, 2.05) is 29.2 Å². The van der Waals surface area contributed by atoms with E-state index >= 15 is 0 Å². The predicted molar refractivity (Wildman–Crippen MR) is 133 cm³/mol. The summed E-state index contributed by atoms with van der Waals surface area (Å²) in [7, 11) is 6.45. The van der Waals surface area contributed by atoms with Gasteiger partial charge in [0.05, 0.1) is 28.4 Å². The minimum absolute atomic E-state index is 0.109. The molecule has 1 amide bonds. The minimum atomic E-state index is -0.109. The summed E-state index contributed by atoms with van der Waals surface area (Å²) in [6, 6.07) is 15.3. The van der Waals surface area contributed by atoms with Gasteiger partial charge in [0.25, 0.3) is 5.91 Å². The summed E-state index contributed by atoms with van der Waals surface area (Å²) in [5.74, 6) is 3.59. The van der Waals surface area contributed by atoms with Gasteiger partial charge in [-0.3, -0.25) is 4.79 Å². The average molecular weight is 481 g/mol. The summed E-state index contributed by atoms with van der Waals surface area (Å²) in [4.78, 5) is 17.4. The molecule has 1 atom stereocenters. The number of carbonyl (C=O) groups excluding carboxylic acids is 1. The zero-order valence-corrected chi connectivity index (χ0v) is 20.9.